The lowest BCUT2D eigenvalue weighted by molar-refractivity contribution is 0.0964. The number of aromatic nitrogens is 3. The first kappa shape index (κ1) is 14.6. The molecule has 1 aliphatic carbocycles. The molecule has 1 atom stereocenters. The Morgan fingerprint density at radius 2 is 2.13 bits per heavy atom. The van der Waals surface area contributed by atoms with Gasteiger partial charge in [-0.15, -0.1) is 0 Å². The van der Waals surface area contributed by atoms with E-state index in [1.807, 2.05) is 4.52 Å². The Balaban J connectivity index is 1.62. The molecular weight excluding hydrogens is 290 g/mol. The van der Waals surface area contributed by atoms with Gasteiger partial charge in [0, 0.05) is 31.7 Å². The molecule has 1 saturated carbocycles. The van der Waals surface area contributed by atoms with Gasteiger partial charge in [0.25, 0.3) is 5.91 Å². The summed E-state index contributed by atoms with van der Waals surface area (Å²) in [7, 11) is 1.63. The van der Waals surface area contributed by atoms with Crippen LogP contribution in [0.25, 0.3) is 5.65 Å². The average molecular weight is 313 g/mol. The molecule has 3 heterocycles. The predicted octanol–water partition coefficient (Wildman–Crippen LogP) is 1.82. The molecule has 2 aromatic rings. The van der Waals surface area contributed by atoms with Crippen molar-refractivity contribution in [2.75, 3.05) is 20.1 Å². The zero-order valence-electron chi connectivity index (χ0n) is 13.5. The van der Waals surface area contributed by atoms with Gasteiger partial charge >= 0.3 is 0 Å². The first-order chi connectivity index (χ1) is 11.3. The quantitative estimate of drug-likeness (QED) is 0.939. The Kier molecular flexibility index (Phi) is 3.77. The number of likely N-dealkylation sites (tertiary alicyclic amines) is 1. The van der Waals surface area contributed by atoms with Gasteiger partial charge in [-0.1, -0.05) is 12.8 Å². The second kappa shape index (κ2) is 5.92. The third-order valence-corrected chi connectivity index (χ3v) is 5.38. The van der Waals surface area contributed by atoms with Crippen LogP contribution in [0.2, 0.25) is 0 Å². The largest absolute Gasteiger partial charge is 0.355 e. The van der Waals surface area contributed by atoms with Crippen LogP contribution in [0.1, 0.15) is 54.1 Å². The number of carbonyl (C=O) groups is 1. The van der Waals surface area contributed by atoms with Crippen LogP contribution in [0.4, 0.5) is 0 Å². The number of nitrogens with zero attached hydrogens (tertiary/aromatic N) is 4. The number of nitrogens with one attached hydrogen (secondary N) is 1. The van der Waals surface area contributed by atoms with E-state index in [1.54, 1.807) is 19.4 Å². The SMILES string of the molecule is CNC(=O)c1cnn2c([C@@H]3CCN(C4CCCC4)C3)ccnc12. The fourth-order valence-corrected chi connectivity index (χ4v) is 4.14. The number of amides is 1. The third kappa shape index (κ3) is 2.51. The van der Waals surface area contributed by atoms with Crippen LogP contribution in [-0.4, -0.2) is 51.6 Å². The maximum atomic E-state index is 11.9. The van der Waals surface area contributed by atoms with Gasteiger partial charge in [0.1, 0.15) is 5.56 Å². The zero-order valence-corrected chi connectivity index (χ0v) is 13.5. The van der Waals surface area contributed by atoms with Crippen LogP contribution < -0.4 is 5.32 Å². The highest BCUT2D eigenvalue weighted by atomic mass is 16.1. The van der Waals surface area contributed by atoms with E-state index in [0.29, 0.717) is 17.1 Å². The van der Waals surface area contributed by atoms with Crippen molar-refractivity contribution in [1.29, 1.82) is 0 Å². The summed E-state index contributed by atoms with van der Waals surface area (Å²) in [5.74, 6) is 0.335. The zero-order chi connectivity index (χ0) is 15.8. The molecule has 0 radical (unpaired) electrons. The molecule has 0 aromatic carbocycles. The molecule has 6 heteroatoms. The highest BCUT2D eigenvalue weighted by Gasteiger charge is 2.32. The summed E-state index contributed by atoms with van der Waals surface area (Å²) in [6.07, 6.45) is 10.0. The van der Waals surface area contributed by atoms with Crippen molar-refractivity contribution >= 4 is 11.6 Å². The van der Waals surface area contributed by atoms with Crippen molar-refractivity contribution in [2.24, 2.45) is 0 Å². The van der Waals surface area contributed by atoms with Crippen molar-refractivity contribution in [3.8, 4) is 0 Å². The number of carbonyl (C=O) groups excluding carboxylic acids is 1. The van der Waals surface area contributed by atoms with E-state index >= 15 is 0 Å². The molecule has 1 saturated heterocycles. The van der Waals surface area contributed by atoms with Crippen molar-refractivity contribution in [1.82, 2.24) is 24.8 Å². The minimum absolute atomic E-state index is 0.136. The van der Waals surface area contributed by atoms with Crippen molar-refractivity contribution in [3.63, 3.8) is 0 Å². The summed E-state index contributed by atoms with van der Waals surface area (Å²) in [4.78, 5) is 18.9. The molecule has 0 bridgehead atoms. The van der Waals surface area contributed by atoms with Gasteiger partial charge < -0.3 is 5.32 Å². The van der Waals surface area contributed by atoms with Crippen LogP contribution in [0.3, 0.4) is 0 Å². The van der Waals surface area contributed by atoms with Gasteiger partial charge in [0.2, 0.25) is 0 Å². The molecule has 122 valence electrons. The third-order valence-electron chi connectivity index (χ3n) is 5.38. The molecule has 2 aromatic heterocycles. The molecule has 1 N–H and O–H groups in total. The van der Waals surface area contributed by atoms with Crippen LogP contribution in [0, 0.1) is 0 Å². The number of hydrogen-bond donors (Lipinski definition) is 1. The van der Waals surface area contributed by atoms with Gasteiger partial charge in [0.15, 0.2) is 5.65 Å². The van der Waals surface area contributed by atoms with Crippen LogP contribution in [0.5, 0.6) is 0 Å². The van der Waals surface area contributed by atoms with Gasteiger partial charge in [-0.05, 0) is 31.9 Å². The van der Waals surface area contributed by atoms with E-state index in [0.717, 1.165) is 19.0 Å². The summed E-state index contributed by atoms with van der Waals surface area (Å²) < 4.78 is 1.85. The van der Waals surface area contributed by atoms with Gasteiger partial charge in [-0.2, -0.15) is 5.10 Å². The van der Waals surface area contributed by atoms with Crippen molar-refractivity contribution in [2.45, 2.75) is 44.1 Å². The second-order valence-electron chi connectivity index (χ2n) is 6.66. The topological polar surface area (TPSA) is 62.5 Å². The number of fused-ring (bicyclic) bond motifs is 1. The van der Waals surface area contributed by atoms with Crippen molar-refractivity contribution < 1.29 is 4.79 Å². The normalized spacial score (nSPS) is 22.9. The van der Waals surface area contributed by atoms with Gasteiger partial charge in [-0.3, -0.25) is 9.69 Å². The van der Waals surface area contributed by atoms with E-state index in [9.17, 15) is 4.79 Å². The monoisotopic (exact) mass is 313 g/mol. The molecule has 23 heavy (non-hydrogen) atoms. The smallest absolute Gasteiger partial charge is 0.256 e. The van der Waals surface area contributed by atoms with E-state index in [1.165, 1.54) is 37.9 Å². The molecule has 0 unspecified atom stereocenters. The fourth-order valence-electron chi connectivity index (χ4n) is 4.14. The Morgan fingerprint density at radius 3 is 2.91 bits per heavy atom. The molecule has 1 aliphatic heterocycles. The van der Waals surface area contributed by atoms with E-state index in [-0.39, 0.29) is 5.91 Å². The highest BCUT2D eigenvalue weighted by molar-refractivity contribution is 5.99. The molecule has 6 nitrogen and oxygen atoms in total. The van der Waals surface area contributed by atoms with E-state index in [2.05, 4.69) is 26.4 Å². The van der Waals surface area contributed by atoms with Crippen molar-refractivity contribution in [3.05, 3.63) is 29.7 Å². The summed E-state index contributed by atoms with van der Waals surface area (Å²) in [6, 6.07) is 2.83. The number of hydrogen-bond acceptors (Lipinski definition) is 4. The molecule has 4 rings (SSSR count). The van der Waals surface area contributed by atoms with Gasteiger partial charge in [0.05, 0.1) is 11.9 Å². The fraction of sp³-hybridized carbons (Fsp3) is 0.588. The Labute approximate surface area is 135 Å². The Hall–Kier alpha value is -1.95. The lowest BCUT2D eigenvalue weighted by atomic mass is 10.0. The lowest BCUT2D eigenvalue weighted by Crippen LogP contribution is -2.30. The Morgan fingerprint density at radius 1 is 1.30 bits per heavy atom. The standard InChI is InChI=1S/C17H23N5O/c1-18-17(23)14-10-20-22-15(6-8-19-16(14)22)12-7-9-21(11-12)13-4-2-3-5-13/h6,8,10,12-13H,2-5,7,9,11H2,1H3,(H,18,23)/t12-/m1/s1. The highest BCUT2D eigenvalue weighted by Crippen LogP contribution is 2.33. The number of rotatable bonds is 3. The van der Waals surface area contributed by atoms with Gasteiger partial charge in [-0.25, -0.2) is 9.50 Å². The molecule has 0 spiro atoms. The maximum absolute atomic E-state index is 11.9. The second-order valence-corrected chi connectivity index (χ2v) is 6.66. The molecule has 2 fully saturated rings. The predicted molar refractivity (Wildman–Crippen MR) is 87.6 cm³/mol. The average Bonchev–Trinajstić information content (AvgIpc) is 3.32. The van der Waals surface area contributed by atoms with Crippen LogP contribution >= 0.6 is 0 Å². The van der Waals surface area contributed by atoms with Crippen LogP contribution in [0.15, 0.2) is 18.5 Å². The first-order valence-corrected chi connectivity index (χ1v) is 8.56. The summed E-state index contributed by atoms with van der Waals surface area (Å²) in [5, 5.41) is 7.08. The summed E-state index contributed by atoms with van der Waals surface area (Å²) in [6.45, 7) is 2.27. The summed E-state index contributed by atoms with van der Waals surface area (Å²) >= 11 is 0. The van der Waals surface area contributed by atoms with Crippen LogP contribution in [-0.2, 0) is 0 Å². The van der Waals surface area contributed by atoms with E-state index < -0.39 is 0 Å². The lowest BCUT2D eigenvalue weighted by Gasteiger charge is -2.23. The molecular formula is C17H23N5O. The Bertz CT molecular complexity index is 719. The summed E-state index contributed by atoms with van der Waals surface area (Å²) in [5.41, 5.74) is 2.37. The molecule has 2 aliphatic rings. The van der Waals surface area contributed by atoms with E-state index in [4.69, 9.17) is 0 Å². The first-order valence-electron chi connectivity index (χ1n) is 8.56. The maximum Gasteiger partial charge on any atom is 0.256 e. The minimum Gasteiger partial charge on any atom is -0.355 e. The molecule has 1 amide bonds. The minimum atomic E-state index is -0.136.